The molecule has 0 aliphatic heterocycles. The largest absolute Gasteiger partial charge is 0.464 e. The molecule has 0 aliphatic rings. The highest BCUT2D eigenvalue weighted by atomic mass is 16.5. The molecule has 1 unspecified atom stereocenters. The van der Waals surface area contributed by atoms with Gasteiger partial charge in [0.1, 0.15) is 17.5 Å². The predicted octanol–water partition coefficient (Wildman–Crippen LogP) is 3.25. The topological polar surface area (TPSA) is 104 Å². The zero-order chi connectivity index (χ0) is 22.5. The molecule has 1 amide bonds. The van der Waals surface area contributed by atoms with E-state index < -0.39 is 6.10 Å². The van der Waals surface area contributed by atoms with Gasteiger partial charge in [0, 0.05) is 19.7 Å². The van der Waals surface area contributed by atoms with Crippen LogP contribution in [-0.2, 0) is 9.53 Å². The summed E-state index contributed by atoms with van der Waals surface area (Å²) in [7, 11) is 1.58. The first-order chi connectivity index (χ1) is 15.6. The van der Waals surface area contributed by atoms with Gasteiger partial charge in [-0.15, -0.1) is 0 Å². The molecule has 0 spiro atoms. The highest BCUT2D eigenvalue weighted by Gasteiger charge is 2.24. The van der Waals surface area contributed by atoms with Gasteiger partial charge in [-0.25, -0.2) is 19.6 Å². The Kier molecular flexibility index (Phi) is 6.37. The standard InChI is InChI=1S/C23H24N6O3/c1-15-8-9-20(24-12-15)28-22(30)19(10-11-31-3)32-23-17-13-27-29(21(17)25-14-26-23)18-7-5-4-6-16(18)2/h4-9,12-14,19H,10-11H2,1-3H3,(H,24,28,30). The maximum absolute atomic E-state index is 12.9. The minimum absolute atomic E-state index is 0.281. The first-order valence-corrected chi connectivity index (χ1v) is 10.2. The second-order valence-corrected chi connectivity index (χ2v) is 7.36. The summed E-state index contributed by atoms with van der Waals surface area (Å²) >= 11 is 0. The molecule has 3 heterocycles. The first kappa shape index (κ1) is 21.4. The van der Waals surface area contributed by atoms with E-state index >= 15 is 0 Å². The normalized spacial score (nSPS) is 12.0. The summed E-state index contributed by atoms with van der Waals surface area (Å²) in [6, 6.07) is 11.5. The number of carbonyl (C=O) groups is 1. The van der Waals surface area contributed by atoms with Crippen molar-refractivity contribution in [2.45, 2.75) is 26.4 Å². The van der Waals surface area contributed by atoms with Crippen molar-refractivity contribution >= 4 is 22.8 Å². The summed E-state index contributed by atoms with van der Waals surface area (Å²) in [5.41, 5.74) is 3.56. The maximum atomic E-state index is 12.9. The number of fused-ring (bicyclic) bond motifs is 1. The molecule has 164 valence electrons. The molecule has 4 rings (SSSR count). The molecule has 1 aromatic carbocycles. The van der Waals surface area contributed by atoms with Crippen molar-refractivity contribution in [3.05, 3.63) is 66.2 Å². The number of anilines is 1. The molecule has 9 nitrogen and oxygen atoms in total. The van der Waals surface area contributed by atoms with E-state index in [1.165, 1.54) is 6.33 Å². The van der Waals surface area contributed by atoms with E-state index in [1.54, 1.807) is 30.3 Å². The van der Waals surface area contributed by atoms with Gasteiger partial charge in [0.25, 0.3) is 5.91 Å². The highest BCUT2D eigenvalue weighted by Crippen LogP contribution is 2.26. The number of benzene rings is 1. The van der Waals surface area contributed by atoms with Crippen LogP contribution in [0.2, 0.25) is 0 Å². The van der Waals surface area contributed by atoms with Crippen LogP contribution < -0.4 is 10.1 Å². The average Bonchev–Trinajstić information content (AvgIpc) is 3.23. The van der Waals surface area contributed by atoms with Crippen LogP contribution in [0.15, 0.2) is 55.1 Å². The average molecular weight is 432 g/mol. The number of carbonyl (C=O) groups excluding carboxylic acids is 1. The van der Waals surface area contributed by atoms with Crippen molar-refractivity contribution in [2.24, 2.45) is 0 Å². The van der Waals surface area contributed by atoms with Gasteiger partial charge in [0.2, 0.25) is 5.88 Å². The first-order valence-electron chi connectivity index (χ1n) is 10.2. The molecule has 32 heavy (non-hydrogen) atoms. The third kappa shape index (κ3) is 4.57. The molecule has 3 aromatic heterocycles. The number of methoxy groups -OCH3 is 1. The van der Waals surface area contributed by atoms with Gasteiger partial charge in [0.15, 0.2) is 11.8 Å². The SMILES string of the molecule is COCCC(Oc1ncnc2c1cnn2-c1ccccc1C)C(=O)Nc1ccc(C)cn1. The summed E-state index contributed by atoms with van der Waals surface area (Å²) < 4.78 is 12.9. The Bertz CT molecular complexity index is 1220. The lowest BCUT2D eigenvalue weighted by atomic mass is 10.2. The zero-order valence-corrected chi connectivity index (χ0v) is 18.1. The monoisotopic (exact) mass is 432 g/mol. The van der Waals surface area contributed by atoms with Crippen LogP contribution in [0.5, 0.6) is 5.88 Å². The molecule has 0 aliphatic carbocycles. The quantitative estimate of drug-likeness (QED) is 0.456. The Morgan fingerprint density at radius 1 is 1.09 bits per heavy atom. The van der Waals surface area contributed by atoms with Crippen molar-refractivity contribution in [1.82, 2.24) is 24.7 Å². The van der Waals surface area contributed by atoms with E-state index in [-0.39, 0.29) is 11.8 Å². The lowest BCUT2D eigenvalue weighted by Gasteiger charge is -2.18. The van der Waals surface area contributed by atoms with E-state index in [1.807, 2.05) is 44.2 Å². The number of hydrogen-bond donors (Lipinski definition) is 1. The molecule has 4 aromatic rings. The number of ether oxygens (including phenoxy) is 2. The number of hydrogen-bond acceptors (Lipinski definition) is 7. The molecule has 0 fully saturated rings. The second-order valence-electron chi connectivity index (χ2n) is 7.36. The molecule has 1 N–H and O–H groups in total. The van der Waals surface area contributed by atoms with Crippen molar-refractivity contribution in [2.75, 3.05) is 19.0 Å². The third-order valence-corrected chi connectivity index (χ3v) is 4.97. The van der Waals surface area contributed by atoms with E-state index in [4.69, 9.17) is 9.47 Å². The van der Waals surface area contributed by atoms with Crippen LogP contribution >= 0.6 is 0 Å². The van der Waals surface area contributed by atoms with Gasteiger partial charge in [-0.05, 0) is 37.1 Å². The Labute approximate surface area is 185 Å². The van der Waals surface area contributed by atoms with Gasteiger partial charge < -0.3 is 14.8 Å². The van der Waals surface area contributed by atoms with Gasteiger partial charge in [0.05, 0.1) is 18.5 Å². The highest BCUT2D eigenvalue weighted by molar-refractivity contribution is 5.94. The Hall–Kier alpha value is -3.85. The number of pyridine rings is 1. The van der Waals surface area contributed by atoms with Crippen molar-refractivity contribution in [3.63, 3.8) is 0 Å². The summed E-state index contributed by atoms with van der Waals surface area (Å²) in [5, 5.41) is 7.88. The van der Waals surface area contributed by atoms with Crippen molar-refractivity contribution in [1.29, 1.82) is 0 Å². The zero-order valence-electron chi connectivity index (χ0n) is 18.1. The van der Waals surface area contributed by atoms with Crippen molar-refractivity contribution < 1.29 is 14.3 Å². The van der Waals surface area contributed by atoms with E-state index in [9.17, 15) is 4.79 Å². The Morgan fingerprint density at radius 3 is 2.69 bits per heavy atom. The van der Waals surface area contributed by atoms with Crippen LogP contribution in [0.3, 0.4) is 0 Å². The van der Waals surface area contributed by atoms with E-state index in [0.717, 1.165) is 16.8 Å². The van der Waals surface area contributed by atoms with E-state index in [0.29, 0.717) is 29.9 Å². The maximum Gasteiger partial charge on any atom is 0.266 e. The molecule has 9 heteroatoms. The number of nitrogens with one attached hydrogen (secondary N) is 1. The second kappa shape index (κ2) is 9.52. The Morgan fingerprint density at radius 2 is 1.94 bits per heavy atom. The number of aromatic nitrogens is 5. The van der Waals surface area contributed by atoms with Crippen LogP contribution in [0, 0.1) is 13.8 Å². The molecular weight excluding hydrogens is 408 g/mol. The number of amides is 1. The summed E-state index contributed by atoms with van der Waals surface area (Å²) in [4.78, 5) is 25.8. The van der Waals surface area contributed by atoms with Crippen LogP contribution in [-0.4, -0.2) is 50.5 Å². The number of aryl methyl sites for hydroxylation is 2. The predicted molar refractivity (Wildman–Crippen MR) is 120 cm³/mol. The molecule has 0 radical (unpaired) electrons. The van der Waals surface area contributed by atoms with Gasteiger partial charge >= 0.3 is 0 Å². The Balaban J connectivity index is 1.62. The van der Waals surface area contributed by atoms with Crippen LogP contribution in [0.4, 0.5) is 5.82 Å². The molecule has 0 saturated heterocycles. The minimum Gasteiger partial charge on any atom is -0.464 e. The lowest BCUT2D eigenvalue weighted by molar-refractivity contribution is -0.123. The molecule has 1 atom stereocenters. The molecule has 0 saturated carbocycles. The fraction of sp³-hybridized carbons (Fsp3) is 0.261. The summed E-state index contributed by atoms with van der Waals surface area (Å²) in [5.74, 6) is 0.395. The summed E-state index contributed by atoms with van der Waals surface area (Å²) in [6.45, 7) is 4.28. The summed E-state index contributed by atoms with van der Waals surface area (Å²) in [6.07, 6.45) is 4.24. The van der Waals surface area contributed by atoms with Crippen LogP contribution in [0.1, 0.15) is 17.5 Å². The number of rotatable bonds is 8. The van der Waals surface area contributed by atoms with Gasteiger partial charge in [-0.1, -0.05) is 24.3 Å². The van der Waals surface area contributed by atoms with Gasteiger partial charge in [-0.2, -0.15) is 5.10 Å². The van der Waals surface area contributed by atoms with E-state index in [2.05, 4.69) is 25.4 Å². The fourth-order valence-electron chi connectivity index (χ4n) is 3.25. The smallest absolute Gasteiger partial charge is 0.266 e. The number of para-hydroxylation sites is 1. The van der Waals surface area contributed by atoms with Crippen molar-refractivity contribution in [3.8, 4) is 11.6 Å². The van der Waals surface area contributed by atoms with Gasteiger partial charge in [-0.3, -0.25) is 4.79 Å². The third-order valence-electron chi connectivity index (χ3n) is 4.97. The minimum atomic E-state index is -0.835. The number of nitrogens with zero attached hydrogens (tertiary/aromatic N) is 5. The fourth-order valence-corrected chi connectivity index (χ4v) is 3.25. The molecular formula is C23H24N6O3. The van der Waals surface area contributed by atoms with Crippen LogP contribution in [0.25, 0.3) is 16.7 Å². The molecule has 0 bridgehead atoms. The lowest BCUT2D eigenvalue weighted by Crippen LogP contribution is -2.34.